The number of rotatable bonds is 4. The average Bonchev–Trinajstić information content (AvgIpc) is 2.99. The van der Waals surface area contributed by atoms with Crippen LogP contribution in [0.1, 0.15) is 23.3 Å². The first-order valence-corrected chi connectivity index (χ1v) is 8.23. The van der Waals surface area contributed by atoms with Crippen molar-refractivity contribution >= 4 is 17.5 Å². The molecule has 0 aliphatic carbocycles. The normalized spacial score (nSPS) is 20.9. The highest BCUT2D eigenvalue weighted by Gasteiger charge is 2.36. The lowest BCUT2D eigenvalue weighted by Crippen LogP contribution is -2.53. The van der Waals surface area contributed by atoms with Gasteiger partial charge in [-0.25, -0.2) is 0 Å². The number of halogens is 1. The zero-order valence-corrected chi connectivity index (χ0v) is 14.2. The van der Waals surface area contributed by atoms with Crippen molar-refractivity contribution in [2.45, 2.75) is 18.4 Å². The number of likely N-dealkylation sites (tertiary alicyclic amines) is 1. The van der Waals surface area contributed by atoms with E-state index >= 15 is 0 Å². The number of aromatic nitrogens is 2. The number of hydrogen-bond acceptors (Lipinski definition) is 4. The molecule has 1 aliphatic heterocycles. The molecule has 7 heteroatoms. The van der Waals surface area contributed by atoms with Crippen molar-refractivity contribution < 1.29 is 14.6 Å². The minimum Gasteiger partial charge on any atom is -0.490 e. The van der Waals surface area contributed by atoms with Gasteiger partial charge in [-0.3, -0.25) is 9.48 Å². The third kappa shape index (κ3) is 3.71. The van der Waals surface area contributed by atoms with E-state index in [0.29, 0.717) is 29.4 Å². The molecule has 1 saturated heterocycles. The number of hydrogen-bond donors (Lipinski definition) is 1. The average molecular weight is 350 g/mol. The fourth-order valence-corrected chi connectivity index (χ4v) is 3.10. The second-order valence-corrected chi connectivity index (χ2v) is 6.58. The van der Waals surface area contributed by atoms with E-state index in [1.807, 2.05) is 0 Å². The molecule has 128 valence electrons. The molecule has 1 amide bonds. The number of β-amino-alcohol motifs (C(OH)–C–C–N with tert-alkyl or cyclic N) is 1. The number of piperidine rings is 1. The molecule has 6 nitrogen and oxygen atoms in total. The summed E-state index contributed by atoms with van der Waals surface area (Å²) in [5.41, 5.74) is -0.565. The Bertz CT molecular complexity index is 733. The number of carbonyl (C=O) groups excluding carboxylic acids is 1. The lowest BCUT2D eigenvalue weighted by atomic mass is 9.93. The third-order valence-corrected chi connectivity index (χ3v) is 4.42. The Kier molecular flexibility index (Phi) is 4.78. The van der Waals surface area contributed by atoms with Gasteiger partial charge in [0.2, 0.25) is 0 Å². The Balaban J connectivity index is 1.65. The summed E-state index contributed by atoms with van der Waals surface area (Å²) in [6.45, 7) is 0.962. The summed E-state index contributed by atoms with van der Waals surface area (Å²) in [7, 11) is 1.73. The molecule has 1 aliphatic rings. The number of aryl methyl sites for hydroxylation is 1. The minimum absolute atomic E-state index is 0.114. The topological polar surface area (TPSA) is 67.6 Å². The van der Waals surface area contributed by atoms with Crippen LogP contribution in [-0.4, -0.2) is 51.0 Å². The van der Waals surface area contributed by atoms with Gasteiger partial charge in [-0.1, -0.05) is 17.7 Å². The van der Waals surface area contributed by atoms with Gasteiger partial charge in [0.25, 0.3) is 5.91 Å². The summed E-state index contributed by atoms with van der Waals surface area (Å²) in [6.07, 6.45) is 2.90. The third-order valence-electron chi connectivity index (χ3n) is 4.19. The highest BCUT2D eigenvalue weighted by atomic mass is 35.5. The minimum atomic E-state index is -1.07. The van der Waals surface area contributed by atoms with E-state index < -0.39 is 5.60 Å². The van der Waals surface area contributed by atoms with E-state index in [2.05, 4.69) is 5.10 Å². The molecular formula is C17H20ClN3O3. The summed E-state index contributed by atoms with van der Waals surface area (Å²) in [5.74, 6) is 0.474. The van der Waals surface area contributed by atoms with Crippen LogP contribution in [0.25, 0.3) is 0 Å². The Morgan fingerprint density at radius 1 is 1.46 bits per heavy atom. The maximum atomic E-state index is 12.6. The van der Waals surface area contributed by atoms with E-state index in [-0.39, 0.29) is 19.1 Å². The van der Waals surface area contributed by atoms with Crippen molar-refractivity contribution in [2.75, 3.05) is 19.7 Å². The zero-order chi connectivity index (χ0) is 17.2. The molecule has 1 N–H and O–H groups in total. The molecule has 1 aromatic heterocycles. The Morgan fingerprint density at radius 3 is 3.00 bits per heavy atom. The molecule has 0 radical (unpaired) electrons. The largest absolute Gasteiger partial charge is 0.490 e. The SMILES string of the molecule is Cn1nccc1C(=O)N1CCCC(O)(COc2cccc(Cl)c2)C1. The highest BCUT2D eigenvalue weighted by Crippen LogP contribution is 2.25. The van der Waals surface area contributed by atoms with Crippen molar-refractivity contribution in [3.05, 3.63) is 47.2 Å². The lowest BCUT2D eigenvalue weighted by Gasteiger charge is -2.38. The monoisotopic (exact) mass is 349 g/mol. The van der Waals surface area contributed by atoms with E-state index in [0.717, 1.165) is 6.42 Å². The number of amides is 1. The summed E-state index contributed by atoms with van der Waals surface area (Å²) in [4.78, 5) is 14.2. The predicted molar refractivity (Wildman–Crippen MR) is 90.2 cm³/mol. The van der Waals surface area contributed by atoms with E-state index in [1.165, 1.54) is 0 Å². The standard InChI is InChI=1S/C17H20ClN3O3/c1-20-15(6-8-19-20)16(22)21-9-3-7-17(23,11-21)12-24-14-5-2-4-13(18)10-14/h2,4-6,8,10,23H,3,7,9,11-12H2,1H3. The molecule has 1 fully saturated rings. The molecule has 24 heavy (non-hydrogen) atoms. The summed E-state index contributed by atoms with van der Waals surface area (Å²) >= 11 is 5.93. The number of benzene rings is 1. The van der Waals surface area contributed by atoms with Crippen molar-refractivity contribution in [2.24, 2.45) is 7.05 Å². The maximum absolute atomic E-state index is 12.6. The zero-order valence-electron chi connectivity index (χ0n) is 13.5. The molecule has 2 heterocycles. The lowest BCUT2D eigenvalue weighted by molar-refractivity contribution is -0.0533. The van der Waals surface area contributed by atoms with Crippen LogP contribution in [-0.2, 0) is 7.05 Å². The van der Waals surface area contributed by atoms with Crippen LogP contribution in [0, 0.1) is 0 Å². The van der Waals surface area contributed by atoms with Gasteiger partial charge in [0.05, 0.1) is 6.54 Å². The van der Waals surface area contributed by atoms with E-state index in [4.69, 9.17) is 16.3 Å². The number of ether oxygens (including phenoxy) is 1. The first kappa shape index (κ1) is 16.8. The van der Waals surface area contributed by atoms with Crippen LogP contribution in [0.2, 0.25) is 5.02 Å². The fourth-order valence-electron chi connectivity index (χ4n) is 2.92. The molecule has 2 aromatic rings. The van der Waals surface area contributed by atoms with Gasteiger partial charge in [0.1, 0.15) is 23.7 Å². The van der Waals surface area contributed by atoms with Crippen LogP contribution >= 0.6 is 11.6 Å². The molecule has 3 rings (SSSR count). The second-order valence-electron chi connectivity index (χ2n) is 6.14. The van der Waals surface area contributed by atoms with Crippen molar-refractivity contribution in [1.29, 1.82) is 0 Å². The summed E-state index contributed by atoms with van der Waals surface area (Å²) in [5, 5.41) is 15.4. The van der Waals surface area contributed by atoms with Gasteiger partial charge in [0, 0.05) is 24.8 Å². The smallest absolute Gasteiger partial charge is 0.272 e. The molecular weight excluding hydrogens is 330 g/mol. The molecule has 1 atom stereocenters. The first-order valence-electron chi connectivity index (χ1n) is 7.85. The van der Waals surface area contributed by atoms with E-state index in [9.17, 15) is 9.90 Å². The van der Waals surface area contributed by atoms with Crippen molar-refractivity contribution in [1.82, 2.24) is 14.7 Å². The second kappa shape index (κ2) is 6.83. The Morgan fingerprint density at radius 2 is 2.29 bits per heavy atom. The Hall–Kier alpha value is -2.05. The van der Waals surface area contributed by atoms with Crippen LogP contribution in [0.15, 0.2) is 36.5 Å². The number of carbonyl (C=O) groups is 1. The molecule has 0 bridgehead atoms. The van der Waals surface area contributed by atoms with Crippen LogP contribution in [0.3, 0.4) is 0 Å². The fraction of sp³-hybridized carbons (Fsp3) is 0.412. The predicted octanol–water partition coefficient (Wildman–Crippen LogP) is 2.12. The van der Waals surface area contributed by atoms with Crippen LogP contribution < -0.4 is 4.74 Å². The summed E-state index contributed by atoms with van der Waals surface area (Å²) < 4.78 is 7.22. The summed E-state index contributed by atoms with van der Waals surface area (Å²) in [6, 6.07) is 8.72. The van der Waals surface area contributed by atoms with Crippen molar-refractivity contribution in [3.8, 4) is 5.75 Å². The van der Waals surface area contributed by atoms with Crippen LogP contribution in [0.4, 0.5) is 0 Å². The van der Waals surface area contributed by atoms with Crippen molar-refractivity contribution in [3.63, 3.8) is 0 Å². The molecule has 0 saturated carbocycles. The Labute approximate surface area is 145 Å². The van der Waals surface area contributed by atoms with Crippen LogP contribution in [0.5, 0.6) is 5.75 Å². The van der Waals surface area contributed by atoms with Gasteiger partial charge in [0.15, 0.2) is 0 Å². The molecule has 0 spiro atoms. The number of nitrogens with zero attached hydrogens (tertiary/aromatic N) is 3. The van der Waals surface area contributed by atoms with E-state index in [1.54, 1.807) is 53.2 Å². The number of aliphatic hydroxyl groups is 1. The quantitative estimate of drug-likeness (QED) is 0.918. The first-order chi connectivity index (χ1) is 11.5. The van der Waals surface area contributed by atoms with Gasteiger partial charge < -0.3 is 14.7 Å². The highest BCUT2D eigenvalue weighted by molar-refractivity contribution is 6.30. The van der Waals surface area contributed by atoms with Gasteiger partial charge in [-0.05, 0) is 37.1 Å². The molecule has 1 aromatic carbocycles. The van der Waals surface area contributed by atoms with Gasteiger partial charge in [-0.15, -0.1) is 0 Å². The maximum Gasteiger partial charge on any atom is 0.272 e. The molecule has 1 unspecified atom stereocenters. The van der Waals surface area contributed by atoms with Gasteiger partial charge in [-0.2, -0.15) is 5.10 Å². The van der Waals surface area contributed by atoms with Gasteiger partial charge >= 0.3 is 0 Å².